The second-order valence-corrected chi connectivity index (χ2v) is 6.13. The minimum absolute atomic E-state index is 0.386. The number of rotatable bonds is 7. The van der Waals surface area contributed by atoms with Crippen molar-refractivity contribution in [1.82, 2.24) is 20.3 Å². The molecule has 0 bridgehead atoms. The maximum Gasteiger partial charge on any atom is 0.242 e. The van der Waals surface area contributed by atoms with Gasteiger partial charge in [0.2, 0.25) is 5.91 Å². The highest BCUT2D eigenvalue weighted by Crippen LogP contribution is 2.15. The van der Waals surface area contributed by atoms with Gasteiger partial charge in [-0.25, -0.2) is 4.68 Å². The molecule has 1 fully saturated rings. The van der Waals surface area contributed by atoms with E-state index in [1.807, 2.05) is 36.5 Å². The maximum atomic E-state index is 11.8. The lowest BCUT2D eigenvalue weighted by Gasteiger charge is -2.13. The molecule has 2 aromatic rings. The molecule has 0 spiro atoms. The number of nitrogens with zero attached hydrogens (tertiary/aromatic N) is 3. The van der Waals surface area contributed by atoms with E-state index >= 15 is 0 Å². The van der Waals surface area contributed by atoms with Crippen molar-refractivity contribution in [3.05, 3.63) is 47.8 Å². The Hall–Kier alpha value is -2.21. The van der Waals surface area contributed by atoms with Crippen molar-refractivity contribution in [2.45, 2.75) is 44.2 Å². The Morgan fingerprint density at radius 2 is 2.22 bits per heavy atom. The van der Waals surface area contributed by atoms with E-state index in [-0.39, 0.29) is 5.91 Å². The molecular weight excluding hydrogens is 290 g/mol. The van der Waals surface area contributed by atoms with Crippen molar-refractivity contribution in [3.63, 3.8) is 0 Å². The average molecular weight is 313 g/mol. The predicted molar refractivity (Wildman–Crippen MR) is 87.7 cm³/mol. The number of hydrogen-bond donors (Lipinski definition) is 2. The average Bonchev–Trinajstić information content (AvgIpc) is 3.23. The molecule has 2 atom stereocenters. The van der Waals surface area contributed by atoms with Gasteiger partial charge in [-0.05, 0) is 37.8 Å². The van der Waals surface area contributed by atoms with Gasteiger partial charge in [0.05, 0.1) is 5.69 Å². The monoisotopic (exact) mass is 313 g/mol. The number of amides is 1. The third-order valence-corrected chi connectivity index (χ3v) is 4.39. The zero-order chi connectivity index (χ0) is 16.1. The first-order chi connectivity index (χ1) is 11.2. The van der Waals surface area contributed by atoms with Gasteiger partial charge < -0.3 is 11.1 Å². The van der Waals surface area contributed by atoms with Crippen LogP contribution in [0.2, 0.25) is 0 Å². The molecule has 0 aliphatic carbocycles. The SMILES string of the molecule is NC(=O)C(Cc1ccccc1)n1cc(CCC2CCCN2)nn1. The highest BCUT2D eigenvalue weighted by molar-refractivity contribution is 5.78. The van der Waals surface area contributed by atoms with E-state index in [0.29, 0.717) is 12.5 Å². The molecule has 0 radical (unpaired) electrons. The first-order valence-corrected chi connectivity index (χ1v) is 8.19. The molecule has 1 aromatic carbocycles. The molecule has 1 aromatic heterocycles. The smallest absolute Gasteiger partial charge is 0.242 e. The minimum atomic E-state index is -0.497. The lowest BCUT2D eigenvalue weighted by atomic mass is 10.1. The first kappa shape index (κ1) is 15.7. The van der Waals surface area contributed by atoms with Gasteiger partial charge in [0, 0.05) is 18.7 Å². The van der Waals surface area contributed by atoms with E-state index in [1.54, 1.807) is 4.68 Å². The van der Waals surface area contributed by atoms with Gasteiger partial charge in [0.25, 0.3) is 0 Å². The number of nitrogens with one attached hydrogen (secondary N) is 1. The van der Waals surface area contributed by atoms with Crippen molar-refractivity contribution < 1.29 is 4.79 Å². The van der Waals surface area contributed by atoms with Crippen LogP contribution in [0.4, 0.5) is 0 Å². The Bertz CT molecular complexity index is 633. The quantitative estimate of drug-likeness (QED) is 0.805. The van der Waals surface area contributed by atoms with Crippen molar-refractivity contribution in [2.75, 3.05) is 6.54 Å². The molecule has 6 nitrogen and oxygen atoms in total. The molecular formula is C17H23N5O. The van der Waals surface area contributed by atoms with Crippen molar-refractivity contribution in [1.29, 1.82) is 0 Å². The van der Waals surface area contributed by atoms with Crippen molar-refractivity contribution >= 4 is 5.91 Å². The standard InChI is InChI=1S/C17H23N5O/c18-17(23)16(11-13-5-2-1-3-6-13)22-12-15(20-21-22)9-8-14-7-4-10-19-14/h1-3,5-6,12,14,16,19H,4,7-11H2,(H2,18,23). The Morgan fingerprint density at radius 3 is 2.91 bits per heavy atom. The summed E-state index contributed by atoms with van der Waals surface area (Å²) in [7, 11) is 0. The van der Waals surface area contributed by atoms with Gasteiger partial charge in [-0.15, -0.1) is 5.10 Å². The number of hydrogen-bond acceptors (Lipinski definition) is 4. The Kier molecular flexibility index (Phi) is 5.02. The maximum absolute atomic E-state index is 11.8. The predicted octanol–water partition coefficient (Wildman–Crippen LogP) is 1.23. The highest BCUT2D eigenvalue weighted by Gasteiger charge is 2.20. The van der Waals surface area contributed by atoms with Crippen LogP contribution < -0.4 is 11.1 Å². The van der Waals surface area contributed by atoms with Gasteiger partial charge in [-0.3, -0.25) is 4.79 Å². The second kappa shape index (κ2) is 7.37. The summed E-state index contributed by atoms with van der Waals surface area (Å²) >= 11 is 0. The second-order valence-electron chi connectivity index (χ2n) is 6.13. The van der Waals surface area contributed by atoms with Crippen LogP contribution in [0.25, 0.3) is 0 Å². The van der Waals surface area contributed by atoms with Crippen LogP contribution in [-0.4, -0.2) is 33.5 Å². The van der Waals surface area contributed by atoms with E-state index < -0.39 is 6.04 Å². The lowest BCUT2D eigenvalue weighted by Crippen LogP contribution is -2.28. The molecule has 2 heterocycles. The van der Waals surface area contributed by atoms with Crippen LogP contribution in [0, 0.1) is 0 Å². The number of nitrogens with two attached hydrogens (primary N) is 1. The summed E-state index contributed by atoms with van der Waals surface area (Å²) in [4.78, 5) is 11.8. The van der Waals surface area contributed by atoms with Gasteiger partial charge in [0.1, 0.15) is 6.04 Å². The van der Waals surface area contributed by atoms with Crippen LogP contribution in [0.5, 0.6) is 0 Å². The Labute approximate surface area is 136 Å². The molecule has 2 unspecified atom stereocenters. The van der Waals surface area contributed by atoms with Crippen LogP contribution in [0.3, 0.4) is 0 Å². The third kappa shape index (κ3) is 4.16. The normalized spacial score (nSPS) is 18.9. The van der Waals surface area contributed by atoms with Crippen LogP contribution in [-0.2, 0) is 17.6 Å². The van der Waals surface area contributed by atoms with Crippen molar-refractivity contribution in [3.8, 4) is 0 Å². The fourth-order valence-corrected chi connectivity index (χ4v) is 3.07. The van der Waals surface area contributed by atoms with Gasteiger partial charge in [0.15, 0.2) is 0 Å². The number of aromatic nitrogens is 3. The fraction of sp³-hybridized carbons (Fsp3) is 0.471. The molecule has 0 saturated carbocycles. The zero-order valence-corrected chi connectivity index (χ0v) is 13.2. The molecule has 1 amide bonds. The third-order valence-electron chi connectivity index (χ3n) is 4.39. The van der Waals surface area contributed by atoms with E-state index in [9.17, 15) is 4.79 Å². The summed E-state index contributed by atoms with van der Waals surface area (Å²) < 4.78 is 1.60. The summed E-state index contributed by atoms with van der Waals surface area (Å²) in [6, 6.07) is 9.91. The molecule has 1 aliphatic rings. The van der Waals surface area contributed by atoms with Gasteiger partial charge >= 0.3 is 0 Å². The largest absolute Gasteiger partial charge is 0.368 e. The fourth-order valence-electron chi connectivity index (χ4n) is 3.07. The first-order valence-electron chi connectivity index (χ1n) is 8.19. The molecule has 1 saturated heterocycles. The van der Waals surface area contributed by atoms with Crippen LogP contribution >= 0.6 is 0 Å². The molecule has 23 heavy (non-hydrogen) atoms. The molecule has 6 heteroatoms. The summed E-state index contributed by atoms with van der Waals surface area (Å²) in [6.45, 7) is 1.11. The van der Waals surface area contributed by atoms with Crippen LogP contribution in [0.1, 0.15) is 36.6 Å². The number of benzene rings is 1. The number of primary amides is 1. The Morgan fingerprint density at radius 1 is 1.39 bits per heavy atom. The summed E-state index contributed by atoms with van der Waals surface area (Å²) in [5.41, 5.74) is 7.54. The van der Waals surface area contributed by atoms with E-state index in [2.05, 4.69) is 15.6 Å². The van der Waals surface area contributed by atoms with E-state index in [0.717, 1.165) is 30.6 Å². The molecule has 1 aliphatic heterocycles. The lowest BCUT2D eigenvalue weighted by molar-refractivity contribution is -0.121. The molecule has 3 rings (SSSR count). The van der Waals surface area contributed by atoms with E-state index in [4.69, 9.17) is 5.73 Å². The van der Waals surface area contributed by atoms with Crippen molar-refractivity contribution in [2.24, 2.45) is 5.73 Å². The number of carbonyl (C=O) groups is 1. The molecule has 3 N–H and O–H groups in total. The van der Waals surface area contributed by atoms with Gasteiger partial charge in [-0.2, -0.15) is 0 Å². The topological polar surface area (TPSA) is 85.8 Å². The summed E-state index contributed by atoms with van der Waals surface area (Å²) in [6.07, 6.45) is 6.79. The van der Waals surface area contributed by atoms with Gasteiger partial charge in [-0.1, -0.05) is 35.5 Å². The summed E-state index contributed by atoms with van der Waals surface area (Å²) in [5.74, 6) is -0.386. The van der Waals surface area contributed by atoms with Crippen LogP contribution in [0.15, 0.2) is 36.5 Å². The molecule has 122 valence electrons. The Balaban J connectivity index is 1.64. The highest BCUT2D eigenvalue weighted by atomic mass is 16.1. The minimum Gasteiger partial charge on any atom is -0.368 e. The number of carbonyl (C=O) groups excluding carboxylic acids is 1. The van der Waals surface area contributed by atoms with E-state index in [1.165, 1.54) is 12.8 Å². The number of aryl methyl sites for hydroxylation is 1. The zero-order valence-electron chi connectivity index (χ0n) is 13.2. The summed E-state index contributed by atoms with van der Waals surface area (Å²) in [5, 5.41) is 11.8.